The van der Waals surface area contributed by atoms with Crippen molar-refractivity contribution in [3.63, 3.8) is 0 Å². The summed E-state index contributed by atoms with van der Waals surface area (Å²) >= 11 is 0. The number of carbonyl (C=O) groups excluding carboxylic acids is 1. The van der Waals surface area contributed by atoms with Crippen molar-refractivity contribution < 1.29 is 4.79 Å². The first-order valence-electron chi connectivity index (χ1n) is 9.33. The molecule has 0 aliphatic carbocycles. The van der Waals surface area contributed by atoms with Crippen LogP contribution in [0.15, 0.2) is 41.2 Å². The fourth-order valence-corrected chi connectivity index (χ4v) is 3.74. The van der Waals surface area contributed by atoms with E-state index >= 15 is 0 Å². The molecular formula is C19H23N7O2. The van der Waals surface area contributed by atoms with Gasteiger partial charge < -0.3 is 10.6 Å². The molecule has 0 spiro atoms. The van der Waals surface area contributed by atoms with Crippen molar-refractivity contribution in [3.05, 3.63) is 58.4 Å². The van der Waals surface area contributed by atoms with Crippen molar-refractivity contribution in [2.75, 3.05) is 18.8 Å². The number of likely N-dealkylation sites (tertiary alicyclic amines) is 1. The fraction of sp³-hybridized carbons (Fsp3) is 0.368. The van der Waals surface area contributed by atoms with E-state index in [-0.39, 0.29) is 24.1 Å². The van der Waals surface area contributed by atoms with E-state index < -0.39 is 0 Å². The molecule has 0 saturated carbocycles. The van der Waals surface area contributed by atoms with Crippen molar-refractivity contribution in [1.29, 1.82) is 0 Å². The molecule has 0 bridgehead atoms. The monoisotopic (exact) mass is 381 g/mol. The highest BCUT2D eigenvalue weighted by Gasteiger charge is 2.29. The Bertz CT molecular complexity index is 1030. The second-order valence-electron chi connectivity index (χ2n) is 7.11. The maximum atomic E-state index is 12.8. The highest BCUT2D eigenvalue weighted by atomic mass is 16.2. The number of H-pyrrole nitrogens is 1. The summed E-state index contributed by atoms with van der Waals surface area (Å²) in [6.07, 6.45) is 1.71. The molecule has 1 saturated heterocycles. The molecule has 1 fully saturated rings. The van der Waals surface area contributed by atoms with Crippen molar-refractivity contribution in [2.24, 2.45) is 0 Å². The Morgan fingerprint density at radius 2 is 2.11 bits per heavy atom. The van der Waals surface area contributed by atoms with Gasteiger partial charge in [0.2, 0.25) is 5.91 Å². The molecule has 1 aliphatic heterocycles. The first-order valence-corrected chi connectivity index (χ1v) is 9.33. The zero-order chi connectivity index (χ0) is 19.7. The van der Waals surface area contributed by atoms with Gasteiger partial charge in [0.25, 0.3) is 0 Å². The zero-order valence-electron chi connectivity index (χ0n) is 15.7. The Labute approximate surface area is 161 Å². The third-order valence-electron chi connectivity index (χ3n) is 5.07. The second kappa shape index (κ2) is 7.34. The van der Waals surface area contributed by atoms with Gasteiger partial charge in [-0.2, -0.15) is 10.2 Å². The average Bonchev–Trinajstić information content (AvgIpc) is 3.24. The van der Waals surface area contributed by atoms with Crippen LogP contribution in [0.2, 0.25) is 0 Å². The minimum atomic E-state index is -0.274. The fourth-order valence-electron chi connectivity index (χ4n) is 3.74. The quantitative estimate of drug-likeness (QED) is 0.701. The summed E-state index contributed by atoms with van der Waals surface area (Å²) < 4.78 is 3.11. The number of aromatic nitrogens is 5. The number of nitrogens with zero attached hydrogens (tertiary/aromatic N) is 5. The molecule has 9 nitrogen and oxygen atoms in total. The van der Waals surface area contributed by atoms with Gasteiger partial charge in [-0.1, -0.05) is 18.2 Å². The normalized spacial score (nSPS) is 17.0. The SMILES string of the molecule is Cc1cc(N)n(CC(=O)N2CCC[C@@H](c3n[nH]c(=O)n3-c3ccccc3)C2)n1. The van der Waals surface area contributed by atoms with Crippen LogP contribution in [0.1, 0.15) is 30.3 Å². The molecule has 1 amide bonds. The molecule has 4 rings (SSSR count). The zero-order valence-corrected chi connectivity index (χ0v) is 15.7. The first kappa shape index (κ1) is 18.0. The molecule has 1 aromatic carbocycles. The number of nitrogens with one attached hydrogen (secondary N) is 1. The summed E-state index contributed by atoms with van der Waals surface area (Å²) in [5.74, 6) is 1.07. The number of aryl methyl sites for hydroxylation is 1. The van der Waals surface area contributed by atoms with Gasteiger partial charge >= 0.3 is 5.69 Å². The number of benzene rings is 1. The van der Waals surface area contributed by atoms with Crippen LogP contribution < -0.4 is 11.4 Å². The van der Waals surface area contributed by atoms with Crippen molar-refractivity contribution in [1.82, 2.24) is 29.4 Å². The van der Waals surface area contributed by atoms with Gasteiger partial charge in [-0.05, 0) is 31.9 Å². The van der Waals surface area contributed by atoms with Crippen LogP contribution >= 0.6 is 0 Å². The number of hydrogen-bond donors (Lipinski definition) is 2. The van der Waals surface area contributed by atoms with Crippen LogP contribution in [0.5, 0.6) is 0 Å². The molecule has 0 radical (unpaired) electrons. The summed E-state index contributed by atoms with van der Waals surface area (Å²) in [7, 11) is 0. The molecule has 3 heterocycles. The van der Waals surface area contributed by atoms with Gasteiger partial charge in [0, 0.05) is 25.1 Å². The van der Waals surface area contributed by atoms with Crippen molar-refractivity contribution in [2.45, 2.75) is 32.2 Å². The molecule has 146 valence electrons. The Balaban J connectivity index is 1.54. The van der Waals surface area contributed by atoms with Crippen LogP contribution in [0, 0.1) is 6.92 Å². The lowest BCUT2D eigenvalue weighted by atomic mass is 9.97. The van der Waals surface area contributed by atoms with E-state index in [9.17, 15) is 9.59 Å². The number of hydrogen-bond acceptors (Lipinski definition) is 5. The van der Waals surface area contributed by atoms with Gasteiger partial charge in [-0.3, -0.25) is 4.79 Å². The van der Waals surface area contributed by atoms with Gasteiger partial charge in [-0.15, -0.1) is 0 Å². The lowest BCUT2D eigenvalue weighted by Gasteiger charge is -2.32. The smallest absolute Gasteiger partial charge is 0.347 e. The van der Waals surface area contributed by atoms with Crippen LogP contribution in [-0.4, -0.2) is 48.4 Å². The van der Waals surface area contributed by atoms with Crippen LogP contribution in [0.4, 0.5) is 5.82 Å². The number of anilines is 1. The highest BCUT2D eigenvalue weighted by Crippen LogP contribution is 2.26. The number of piperidine rings is 1. The van der Waals surface area contributed by atoms with Gasteiger partial charge in [0.1, 0.15) is 18.2 Å². The molecule has 9 heteroatoms. The molecule has 1 aliphatic rings. The summed E-state index contributed by atoms with van der Waals surface area (Å²) in [6.45, 7) is 3.14. The molecule has 28 heavy (non-hydrogen) atoms. The maximum Gasteiger partial charge on any atom is 0.347 e. The number of rotatable bonds is 4. The van der Waals surface area contributed by atoms with E-state index in [0.717, 1.165) is 24.2 Å². The number of nitrogen functional groups attached to an aromatic ring is 1. The molecule has 3 aromatic rings. The predicted molar refractivity (Wildman–Crippen MR) is 104 cm³/mol. The molecule has 3 N–H and O–H groups in total. The van der Waals surface area contributed by atoms with Crippen LogP contribution in [0.25, 0.3) is 5.69 Å². The number of para-hydroxylation sites is 1. The van der Waals surface area contributed by atoms with Gasteiger partial charge in [0.05, 0.1) is 11.4 Å². The topological polar surface area (TPSA) is 115 Å². The van der Waals surface area contributed by atoms with Gasteiger partial charge in [0.15, 0.2) is 0 Å². The third kappa shape index (κ3) is 3.42. The Kier molecular flexibility index (Phi) is 4.72. The largest absolute Gasteiger partial charge is 0.384 e. The minimum Gasteiger partial charge on any atom is -0.384 e. The molecule has 1 atom stereocenters. The number of amides is 1. The Morgan fingerprint density at radius 1 is 1.32 bits per heavy atom. The van der Waals surface area contributed by atoms with E-state index in [2.05, 4.69) is 15.3 Å². The summed E-state index contributed by atoms with van der Waals surface area (Å²) in [6, 6.07) is 11.1. The maximum absolute atomic E-state index is 12.8. The Hall–Kier alpha value is -3.36. The van der Waals surface area contributed by atoms with Gasteiger partial charge in [-0.25, -0.2) is 19.1 Å². The average molecular weight is 381 g/mol. The molecule has 2 aromatic heterocycles. The van der Waals surface area contributed by atoms with E-state index in [0.29, 0.717) is 24.7 Å². The van der Waals surface area contributed by atoms with Crippen LogP contribution in [-0.2, 0) is 11.3 Å². The van der Waals surface area contributed by atoms with E-state index in [1.54, 1.807) is 15.5 Å². The standard InChI is InChI=1S/C19H23N7O2/c1-13-10-16(20)25(23-13)12-17(27)24-9-5-6-14(11-24)18-21-22-19(28)26(18)15-7-3-2-4-8-15/h2-4,7-8,10,14H,5-6,9,11-12,20H2,1H3,(H,22,28)/t14-/m1/s1. The highest BCUT2D eigenvalue weighted by molar-refractivity contribution is 5.76. The van der Waals surface area contributed by atoms with Crippen molar-refractivity contribution in [3.8, 4) is 5.69 Å². The number of carbonyl (C=O) groups is 1. The predicted octanol–water partition coefficient (Wildman–Crippen LogP) is 1.05. The van der Waals surface area contributed by atoms with E-state index in [1.165, 1.54) is 4.68 Å². The molecule has 0 unspecified atom stereocenters. The number of nitrogens with two attached hydrogens (primary N) is 1. The lowest BCUT2D eigenvalue weighted by molar-refractivity contribution is -0.133. The Morgan fingerprint density at radius 3 is 2.82 bits per heavy atom. The van der Waals surface area contributed by atoms with Crippen LogP contribution in [0.3, 0.4) is 0 Å². The summed E-state index contributed by atoms with van der Waals surface area (Å²) in [5, 5.41) is 11.1. The van der Waals surface area contributed by atoms with E-state index in [1.807, 2.05) is 37.3 Å². The second-order valence-corrected chi connectivity index (χ2v) is 7.11. The van der Waals surface area contributed by atoms with E-state index in [4.69, 9.17) is 5.73 Å². The summed E-state index contributed by atoms with van der Waals surface area (Å²) in [5.41, 5.74) is 7.17. The first-order chi connectivity index (χ1) is 13.5. The third-order valence-corrected chi connectivity index (χ3v) is 5.07. The molecular weight excluding hydrogens is 358 g/mol. The van der Waals surface area contributed by atoms with Crippen molar-refractivity contribution >= 4 is 11.7 Å². The summed E-state index contributed by atoms with van der Waals surface area (Å²) in [4.78, 5) is 26.9. The lowest BCUT2D eigenvalue weighted by Crippen LogP contribution is -2.41. The number of aromatic amines is 1. The minimum absolute atomic E-state index is 0.0199.